The first-order valence-corrected chi connectivity index (χ1v) is 20.3. The van der Waals surface area contributed by atoms with Crippen molar-refractivity contribution < 1.29 is 38.1 Å². The fraction of sp³-hybridized carbons (Fsp3) is 0.900. The lowest BCUT2D eigenvalue weighted by Gasteiger charge is -2.25. The largest absolute Gasteiger partial charge is 0.444 e. The Morgan fingerprint density at radius 1 is 0.333 bits per heavy atom. The molecule has 0 saturated heterocycles. The SMILES string of the molecule is CC(C)(C)OC(=O)NCCCCN(CCCCNC(=O)OC(C)(C)C)CCCCN(CCCCNC(=O)OC(C)(C)C)CCCCNC(=O)OC(C)(C)C. The first-order valence-electron chi connectivity index (χ1n) is 20.3. The molecule has 0 spiro atoms. The molecule has 0 heterocycles. The number of amides is 4. The Morgan fingerprint density at radius 2 is 0.500 bits per heavy atom. The van der Waals surface area contributed by atoms with Crippen LogP contribution in [0.5, 0.6) is 0 Å². The van der Waals surface area contributed by atoms with Crippen molar-refractivity contribution in [2.75, 3.05) is 65.4 Å². The average molecular weight is 773 g/mol. The summed E-state index contributed by atoms with van der Waals surface area (Å²) >= 11 is 0. The van der Waals surface area contributed by atoms with E-state index in [4.69, 9.17) is 18.9 Å². The van der Waals surface area contributed by atoms with E-state index in [9.17, 15) is 19.2 Å². The highest BCUT2D eigenvalue weighted by Gasteiger charge is 2.18. The van der Waals surface area contributed by atoms with E-state index < -0.39 is 22.4 Å². The molecule has 54 heavy (non-hydrogen) atoms. The number of unbranched alkanes of at least 4 members (excludes halogenated alkanes) is 5. The molecule has 0 aromatic rings. The molecular formula is C40H80N6O8. The Bertz CT molecular complexity index is 889. The van der Waals surface area contributed by atoms with E-state index in [1.54, 1.807) is 0 Å². The summed E-state index contributed by atoms with van der Waals surface area (Å²) < 4.78 is 21.4. The van der Waals surface area contributed by atoms with Crippen LogP contribution in [-0.4, -0.2) is 122 Å². The first kappa shape index (κ1) is 51.0. The van der Waals surface area contributed by atoms with Gasteiger partial charge in [-0.05, 0) is 187 Å². The van der Waals surface area contributed by atoms with Crippen molar-refractivity contribution >= 4 is 24.4 Å². The molecule has 0 bridgehead atoms. The summed E-state index contributed by atoms with van der Waals surface area (Å²) in [7, 11) is 0. The summed E-state index contributed by atoms with van der Waals surface area (Å²) in [4.78, 5) is 53.1. The molecule has 0 rings (SSSR count). The number of rotatable bonds is 25. The number of carbonyl (C=O) groups excluding carboxylic acids is 4. The van der Waals surface area contributed by atoms with Crippen molar-refractivity contribution in [3.8, 4) is 0 Å². The highest BCUT2D eigenvalue weighted by molar-refractivity contribution is 5.68. The standard InChI is InChI=1S/C40H80N6O8/c1-37(2,3)51-33(47)41-23-13-17-27-45(28-18-14-24-42-34(48)52-38(4,5)6)31-21-22-32-46(29-19-15-25-43-35(49)53-39(7,8)9)30-20-16-26-44-36(50)54-40(10,11)12/h13-32H2,1-12H3,(H,41,47)(H,42,48)(H,43,49)(H,44,50). The summed E-state index contributed by atoms with van der Waals surface area (Å²) in [5.74, 6) is 0. The van der Waals surface area contributed by atoms with E-state index in [2.05, 4.69) is 31.1 Å². The quantitative estimate of drug-likeness (QED) is 0.0538. The molecule has 318 valence electrons. The maximum absolute atomic E-state index is 12.0. The van der Waals surface area contributed by atoms with Gasteiger partial charge in [-0.1, -0.05) is 0 Å². The van der Waals surface area contributed by atoms with Gasteiger partial charge < -0.3 is 50.0 Å². The molecule has 0 aliphatic carbocycles. The molecule has 0 saturated carbocycles. The van der Waals surface area contributed by atoms with Gasteiger partial charge in [0.25, 0.3) is 0 Å². The van der Waals surface area contributed by atoms with E-state index in [1.807, 2.05) is 83.1 Å². The molecule has 0 radical (unpaired) electrons. The zero-order valence-corrected chi connectivity index (χ0v) is 36.3. The molecule has 0 aromatic carbocycles. The number of alkyl carbamates (subject to hydrolysis) is 4. The fourth-order valence-electron chi connectivity index (χ4n) is 5.20. The maximum Gasteiger partial charge on any atom is 0.407 e. The van der Waals surface area contributed by atoms with Gasteiger partial charge in [0, 0.05) is 26.2 Å². The second-order valence-corrected chi connectivity index (χ2v) is 17.9. The third-order valence-corrected chi connectivity index (χ3v) is 7.48. The predicted molar refractivity (Wildman–Crippen MR) is 216 cm³/mol. The summed E-state index contributed by atoms with van der Waals surface area (Å²) in [5.41, 5.74) is -2.08. The lowest BCUT2D eigenvalue weighted by molar-refractivity contribution is 0.0514. The fourth-order valence-corrected chi connectivity index (χ4v) is 5.20. The zero-order chi connectivity index (χ0) is 41.3. The monoisotopic (exact) mass is 773 g/mol. The Morgan fingerprint density at radius 3 is 0.667 bits per heavy atom. The van der Waals surface area contributed by atoms with Crippen LogP contribution in [0.3, 0.4) is 0 Å². The van der Waals surface area contributed by atoms with E-state index in [0.29, 0.717) is 26.2 Å². The Labute approximate surface area is 328 Å². The lowest BCUT2D eigenvalue weighted by Crippen LogP contribution is -2.34. The van der Waals surface area contributed by atoms with E-state index in [1.165, 1.54) is 0 Å². The van der Waals surface area contributed by atoms with Crippen molar-refractivity contribution in [3.05, 3.63) is 0 Å². The summed E-state index contributed by atoms with van der Waals surface area (Å²) in [6, 6.07) is 0. The molecule has 14 nitrogen and oxygen atoms in total. The normalized spacial score (nSPS) is 12.3. The van der Waals surface area contributed by atoms with Crippen molar-refractivity contribution in [2.24, 2.45) is 0 Å². The maximum atomic E-state index is 12.0. The van der Waals surface area contributed by atoms with Crippen LogP contribution in [0.25, 0.3) is 0 Å². The number of hydrogen-bond donors (Lipinski definition) is 4. The third-order valence-electron chi connectivity index (χ3n) is 7.48. The number of carbonyl (C=O) groups is 4. The molecule has 0 aliphatic heterocycles. The van der Waals surface area contributed by atoms with Crippen molar-refractivity contribution in [3.63, 3.8) is 0 Å². The number of nitrogens with one attached hydrogen (secondary N) is 4. The zero-order valence-electron chi connectivity index (χ0n) is 36.3. The van der Waals surface area contributed by atoms with Crippen LogP contribution < -0.4 is 21.3 Å². The van der Waals surface area contributed by atoms with Gasteiger partial charge in [0.05, 0.1) is 0 Å². The topological polar surface area (TPSA) is 160 Å². The molecule has 4 amide bonds. The van der Waals surface area contributed by atoms with Gasteiger partial charge in [-0.2, -0.15) is 0 Å². The molecule has 0 atom stereocenters. The third kappa shape index (κ3) is 36.0. The minimum atomic E-state index is -0.521. The Hall–Kier alpha value is -3.00. The number of hydrogen-bond acceptors (Lipinski definition) is 10. The van der Waals surface area contributed by atoms with Crippen LogP contribution in [0.2, 0.25) is 0 Å². The first-order chi connectivity index (χ1) is 24.9. The van der Waals surface area contributed by atoms with Gasteiger partial charge in [0.15, 0.2) is 0 Å². The second-order valence-electron chi connectivity index (χ2n) is 17.9. The molecule has 0 unspecified atom stereocenters. The van der Waals surface area contributed by atoms with Crippen molar-refractivity contribution in [2.45, 2.75) is 170 Å². The predicted octanol–water partition coefficient (Wildman–Crippen LogP) is 7.59. The van der Waals surface area contributed by atoms with Gasteiger partial charge in [0.2, 0.25) is 0 Å². The molecule has 14 heteroatoms. The van der Waals surface area contributed by atoms with E-state index in [-0.39, 0.29) is 24.4 Å². The van der Waals surface area contributed by atoms with Gasteiger partial charge in [-0.25, -0.2) is 19.2 Å². The van der Waals surface area contributed by atoms with Crippen LogP contribution >= 0.6 is 0 Å². The van der Waals surface area contributed by atoms with Gasteiger partial charge in [-0.3, -0.25) is 0 Å². The summed E-state index contributed by atoms with van der Waals surface area (Å²) in [6.07, 6.45) is 7.76. The van der Waals surface area contributed by atoms with Crippen LogP contribution in [0.1, 0.15) is 147 Å². The van der Waals surface area contributed by atoms with Crippen LogP contribution in [0.15, 0.2) is 0 Å². The van der Waals surface area contributed by atoms with Crippen LogP contribution in [-0.2, 0) is 18.9 Å². The van der Waals surface area contributed by atoms with E-state index in [0.717, 1.165) is 103 Å². The lowest BCUT2D eigenvalue weighted by atomic mass is 10.2. The number of ether oxygens (including phenoxy) is 4. The summed E-state index contributed by atoms with van der Waals surface area (Å²) in [6.45, 7) is 30.1. The van der Waals surface area contributed by atoms with Crippen LogP contribution in [0.4, 0.5) is 19.2 Å². The summed E-state index contributed by atoms with van der Waals surface area (Å²) in [5, 5.41) is 11.4. The molecule has 4 N–H and O–H groups in total. The number of nitrogens with zero attached hydrogens (tertiary/aromatic N) is 2. The smallest absolute Gasteiger partial charge is 0.407 e. The Balaban J connectivity index is 5.00. The highest BCUT2D eigenvalue weighted by Crippen LogP contribution is 2.10. The van der Waals surface area contributed by atoms with E-state index >= 15 is 0 Å². The Kier molecular flexibility index (Phi) is 25.3. The molecule has 0 aliphatic rings. The highest BCUT2D eigenvalue weighted by atomic mass is 16.6. The molecule has 0 aromatic heterocycles. The van der Waals surface area contributed by atoms with Crippen molar-refractivity contribution in [1.29, 1.82) is 0 Å². The van der Waals surface area contributed by atoms with Gasteiger partial charge >= 0.3 is 24.4 Å². The second kappa shape index (κ2) is 26.7. The molecule has 0 fully saturated rings. The van der Waals surface area contributed by atoms with Gasteiger partial charge in [0.1, 0.15) is 22.4 Å². The van der Waals surface area contributed by atoms with Crippen LogP contribution in [0, 0.1) is 0 Å². The minimum Gasteiger partial charge on any atom is -0.444 e. The van der Waals surface area contributed by atoms with Gasteiger partial charge in [-0.15, -0.1) is 0 Å². The average Bonchev–Trinajstić information content (AvgIpc) is 2.98. The minimum absolute atomic E-state index is 0.389. The molecular weight excluding hydrogens is 692 g/mol. The van der Waals surface area contributed by atoms with Crippen molar-refractivity contribution in [1.82, 2.24) is 31.1 Å².